The number of allylic oxidation sites excluding steroid dienone is 2. The monoisotopic (exact) mass is 475 g/mol. The highest BCUT2D eigenvalue weighted by Crippen LogP contribution is 2.44. The molecular formula is C29H33NO5. The minimum Gasteiger partial charge on any atom is -0.493 e. The lowest BCUT2D eigenvalue weighted by molar-refractivity contribution is -0.146. The van der Waals surface area contributed by atoms with Crippen LogP contribution in [0.15, 0.2) is 64.8 Å². The Morgan fingerprint density at radius 1 is 1.06 bits per heavy atom. The zero-order chi connectivity index (χ0) is 24.6. The number of aliphatic imine (C=N–C) groups is 1. The number of unbranched alkanes of at least 4 members (excludes halogenated alkanes) is 2. The average Bonchev–Trinajstić information content (AvgIpc) is 2.90. The van der Waals surface area contributed by atoms with Gasteiger partial charge in [-0.25, -0.2) is 0 Å². The van der Waals surface area contributed by atoms with Crippen LogP contribution in [0.2, 0.25) is 0 Å². The predicted octanol–water partition coefficient (Wildman–Crippen LogP) is 5.80. The Bertz CT molecular complexity index is 1110. The molecule has 0 fully saturated rings. The van der Waals surface area contributed by atoms with Crippen molar-refractivity contribution in [1.82, 2.24) is 0 Å². The van der Waals surface area contributed by atoms with Crippen LogP contribution in [0.1, 0.15) is 62.5 Å². The van der Waals surface area contributed by atoms with Crippen LogP contribution < -0.4 is 9.47 Å². The fourth-order valence-electron chi connectivity index (χ4n) is 4.69. The zero-order valence-electron chi connectivity index (χ0n) is 20.5. The molecule has 1 unspecified atom stereocenters. The van der Waals surface area contributed by atoms with Crippen molar-refractivity contribution in [2.24, 2.45) is 10.9 Å². The molecule has 2 aromatic carbocycles. The van der Waals surface area contributed by atoms with Gasteiger partial charge in [-0.05, 0) is 42.5 Å². The maximum absolute atomic E-state index is 13.1. The van der Waals surface area contributed by atoms with Crippen molar-refractivity contribution >= 4 is 18.0 Å². The minimum atomic E-state index is -0.654. The molecule has 35 heavy (non-hydrogen) atoms. The summed E-state index contributed by atoms with van der Waals surface area (Å²) in [7, 11) is 1.59. The number of benzene rings is 2. The lowest BCUT2D eigenvalue weighted by atomic mass is 9.74. The second-order valence-corrected chi connectivity index (χ2v) is 8.98. The Kier molecular flexibility index (Phi) is 8.35. The molecule has 0 saturated carbocycles. The van der Waals surface area contributed by atoms with Crippen molar-refractivity contribution in [2.75, 3.05) is 13.7 Å². The van der Waals surface area contributed by atoms with E-state index in [2.05, 4.69) is 11.9 Å². The van der Waals surface area contributed by atoms with E-state index in [0.717, 1.165) is 48.9 Å². The highest BCUT2D eigenvalue weighted by molar-refractivity contribution is 6.03. The van der Waals surface area contributed by atoms with E-state index in [0.29, 0.717) is 36.7 Å². The maximum Gasteiger partial charge on any atom is 0.315 e. The molecule has 4 rings (SSSR count). The number of ether oxygens (including phenoxy) is 3. The van der Waals surface area contributed by atoms with Crippen LogP contribution in [0.3, 0.4) is 0 Å². The van der Waals surface area contributed by atoms with Crippen LogP contribution in [-0.4, -0.2) is 31.7 Å². The van der Waals surface area contributed by atoms with Crippen LogP contribution in [0.25, 0.3) is 0 Å². The van der Waals surface area contributed by atoms with E-state index in [1.54, 1.807) is 13.3 Å². The number of hydrogen-bond acceptors (Lipinski definition) is 6. The highest BCUT2D eigenvalue weighted by Gasteiger charge is 2.40. The summed E-state index contributed by atoms with van der Waals surface area (Å²) in [5.41, 5.74) is 3.29. The van der Waals surface area contributed by atoms with Crippen molar-refractivity contribution in [3.05, 3.63) is 70.9 Å². The van der Waals surface area contributed by atoms with E-state index in [9.17, 15) is 9.59 Å². The molecule has 0 saturated heterocycles. The molecule has 0 amide bonds. The third-order valence-electron chi connectivity index (χ3n) is 6.54. The normalized spacial score (nSPS) is 19.3. The second-order valence-electron chi connectivity index (χ2n) is 8.98. The van der Waals surface area contributed by atoms with E-state index in [1.807, 2.05) is 48.5 Å². The van der Waals surface area contributed by atoms with Crippen molar-refractivity contribution in [2.45, 2.75) is 58.0 Å². The van der Waals surface area contributed by atoms with Crippen LogP contribution in [0.5, 0.6) is 11.5 Å². The van der Waals surface area contributed by atoms with E-state index in [-0.39, 0.29) is 11.8 Å². The lowest BCUT2D eigenvalue weighted by Crippen LogP contribution is -2.33. The third-order valence-corrected chi connectivity index (χ3v) is 6.54. The molecule has 1 heterocycles. The molecule has 184 valence electrons. The first-order valence-corrected chi connectivity index (χ1v) is 12.4. The van der Waals surface area contributed by atoms with Crippen LogP contribution in [0, 0.1) is 5.92 Å². The topological polar surface area (TPSA) is 74.2 Å². The molecule has 1 aliphatic heterocycles. The van der Waals surface area contributed by atoms with Crippen LogP contribution >= 0.6 is 0 Å². The summed E-state index contributed by atoms with van der Waals surface area (Å²) < 4.78 is 17.3. The first-order chi connectivity index (χ1) is 17.1. The van der Waals surface area contributed by atoms with Crippen molar-refractivity contribution in [3.8, 4) is 11.5 Å². The van der Waals surface area contributed by atoms with Crippen molar-refractivity contribution < 1.29 is 23.8 Å². The average molecular weight is 476 g/mol. The van der Waals surface area contributed by atoms with Crippen molar-refractivity contribution in [3.63, 3.8) is 0 Å². The molecule has 2 aromatic rings. The summed E-state index contributed by atoms with van der Waals surface area (Å²) in [5.74, 6) is -0.235. The smallest absolute Gasteiger partial charge is 0.315 e. The molecule has 0 spiro atoms. The second kappa shape index (κ2) is 11.8. The minimum absolute atomic E-state index is 0.0558. The van der Waals surface area contributed by atoms with Gasteiger partial charge in [0.2, 0.25) is 0 Å². The summed E-state index contributed by atoms with van der Waals surface area (Å²) in [4.78, 5) is 30.6. The number of rotatable bonds is 10. The van der Waals surface area contributed by atoms with Gasteiger partial charge in [-0.2, -0.15) is 0 Å². The van der Waals surface area contributed by atoms with E-state index >= 15 is 0 Å². The standard InChI is InChI=1S/C29H33NO5/c1-3-4-8-16-34-29(32)22-18-30-23-12-9-13-24(31)28(23)27(22)21-14-15-25(26(17-21)33-2)35-19-20-10-6-5-7-11-20/h5-7,10-11,14-15,17-18,22,27H,3-4,8-9,12-13,16,19H2,1-2H3/t22?,27-/m0/s1. The fourth-order valence-corrected chi connectivity index (χ4v) is 4.69. The third kappa shape index (κ3) is 5.81. The number of carbonyl (C=O) groups is 2. The number of carbonyl (C=O) groups excluding carboxylic acids is 2. The number of methoxy groups -OCH3 is 1. The molecule has 6 heteroatoms. The molecule has 0 radical (unpaired) electrons. The van der Waals surface area contributed by atoms with Gasteiger partial charge in [0, 0.05) is 29.8 Å². The molecule has 0 N–H and O–H groups in total. The number of nitrogens with zero attached hydrogens (tertiary/aromatic N) is 1. The maximum atomic E-state index is 13.1. The molecule has 0 bridgehead atoms. The van der Waals surface area contributed by atoms with Gasteiger partial charge in [0.1, 0.15) is 12.5 Å². The lowest BCUT2D eigenvalue weighted by Gasteiger charge is -2.32. The van der Waals surface area contributed by atoms with Gasteiger partial charge in [-0.15, -0.1) is 0 Å². The first kappa shape index (κ1) is 24.7. The van der Waals surface area contributed by atoms with E-state index in [1.165, 1.54) is 0 Å². The number of hydrogen-bond donors (Lipinski definition) is 0. The van der Waals surface area contributed by atoms with E-state index in [4.69, 9.17) is 14.2 Å². The van der Waals surface area contributed by atoms with Gasteiger partial charge >= 0.3 is 5.97 Å². The Hall–Kier alpha value is -3.41. The number of ketones is 1. The van der Waals surface area contributed by atoms with Crippen LogP contribution in [-0.2, 0) is 20.9 Å². The predicted molar refractivity (Wildman–Crippen MR) is 135 cm³/mol. The van der Waals surface area contributed by atoms with Crippen molar-refractivity contribution in [1.29, 1.82) is 0 Å². The summed E-state index contributed by atoms with van der Waals surface area (Å²) >= 11 is 0. The zero-order valence-corrected chi connectivity index (χ0v) is 20.5. The first-order valence-electron chi connectivity index (χ1n) is 12.4. The molecule has 1 aliphatic carbocycles. The Labute approximate surface area is 207 Å². The summed E-state index contributed by atoms with van der Waals surface area (Å²) in [6, 6.07) is 15.5. The van der Waals surface area contributed by atoms with Gasteiger partial charge < -0.3 is 14.2 Å². The Morgan fingerprint density at radius 2 is 1.89 bits per heavy atom. The SMILES string of the molecule is CCCCCOC(=O)C1C=NC2=C(C(=O)CCC2)[C@H]1c1ccc(OCc2ccccc2)c(OC)c1. The molecule has 6 nitrogen and oxygen atoms in total. The molecular weight excluding hydrogens is 442 g/mol. The van der Waals surface area contributed by atoms with Gasteiger partial charge in [0.05, 0.1) is 13.7 Å². The quantitative estimate of drug-likeness (QED) is 0.321. The fraction of sp³-hybridized carbons (Fsp3) is 0.414. The van der Waals surface area contributed by atoms with Gasteiger partial charge in [0.25, 0.3) is 0 Å². The molecule has 2 aliphatic rings. The Morgan fingerprint density at radius 3 is 2.66 bits per heavy atom. The summed E-state index contributed by atoms with van der Waals surface area (Å²) in [6.07, 6.45) is 6.53. The molecule has 0 aromatic heterocycles. The number of esters is 1. The van der Waals surface area contributed by atoms with Gasteiger partial charge in [-0.3, -0.25) is 14.6 Å². The van der Waals surface area contributed by atoms with Crippen LogP contribution in [0.4, 0.5) is 0 Å². The van der Waals surface area contributed by atoms with Gasteiger partial charge in [-0.1, -0.05) is 56.2 Å². The largest absolute Gasteiger partial charge is 0.493 e. The summed E-state index contributed by atoms with van der Waals surface area (Å²) in [5, 5.41) is 0. The van der Waals surface area contributed by atoms with E-state index < -0.39 is 11.8 Å². The summed E-state index contributed by atoms with van der Waals surface area (Å²) in [6.45, 7) is 2.89. The Balaban J connectivity index is 1.62. The number of Topliss-reactive ketones (excluding diaryl/α,β-unsaturated/α-hetero) is 1. The molecule has 2 atom stereocenters. The highest BCUT2D eigenvalue weighted by atomic mass is 16.5. The van der Waals surface area contributed by atoms with Gasteiger partial charge in [0.15, 0.2) is 17.3 Å².